The highest BCUT2D eigenvalue weighted by Gasteiger charge is 2.32. The van der Waals surface area contributed by atoms with Gasteiger partial charge in [0.25, 0.3) is 0 Å². The smallest absolute Gasteiger partial charge is 0.355 e. The van der Waals surface area contributed by atoms with Crippen molar-refractivity contribution in [1.82, 2.24) is 15.4 Å². The van der Waals surface area contributed by atoms with E-state index >= 15 is 0 Å². The molecular formula is C14H14N4O5. The van der Waals surface area contributed by atoms with E-state index in [0.717, 1.165) is 0 Å². The summed E-state index contributed by atoms with van der Waals surface area (Å²) in [5.41, 5.74) is 2.12. The molecule has 1 aromatic carbocycles. The van der Waals surface area contributed by atoms with Crippen LogP contribution in [-0.4, -0.2) is 54.9 Å². The van der Waals surface area contributed by atoms with Crippen molar-refractivity contribution < 1.29 is 23.8 Å². The fourth-order valence-corrected chi connectivity index (χ4v) is 2.34. The Hall–Kier alpha value is -2.94. The Kier molecular flexibility index (Phi) is 3.94. The molecule has 0 bridgehead atoms. The van der Waals surface area contributed by atoms with Gasteiger partial charge in [-0.3, -0.25) is 0 Å². The molecule has 23 heavy (non-hydrogen) atoms. The summed E-state index contributed by atoms with van der Waals surface area (Å²) in [7, 11) is 2.49. The van der Waals surface area contributed by atoms with Gasteiger partial charge in [0.15, 0.2) is 0 Å². The number of benzene rings is 1. The van der Waals surface area contributed by atoms with Gasteiger partial charge < -0.3 is 19.1 Å². The lowest BCUT2D eigenvalue weighted by Gasteiger charge is -2.31. The van der Waals surface area contributed by atoms with E-state index in [2.05, 4.69) is 15.4 Å². The molecule has 2 heterocycles. The molecular weight excluding hydrogens is 304 g/mol. The van der Waals surface area contributed by atoms with Gasteiger partial charge in [-0.25, -0.2) is 9.59 Å². The van der Waals surface area contributed by atoms with Crippen LogP contribution in [0.4, 0.5) is 5.69 Å². The zero-order valence-electron chi connectivity index (χ0n) is 12.5. The highest BCUT2D eigenvalue weighted by molar-refractivity contribution is 6.03. The summed E-state index contributed by atoms with van der Waals surface area (Å²) in [4.78, 5) is 25.6. The molecule has 1 aliphatic rings. The second-order valence-electron chi connectivity index (χ2n) is 4.71. The lowest BCUT2D eigenvalue weighted by molar-refractivity contribution is -0.140. The molecule has 0 unspecified atom stereocenters. The van der Waals surface area contributed by atoms with Crippen LogP contribution in [-0.2, 0) is 23.8 Å². The number of aromatic nitrogens is 3. The zero-order chi connectivity index (χ0) is 16.4. The number of carbonyl (C=O) groups is 2. The number of anilines is 1. The van der Waals surface area contributed by atoms with Crippen LogP contribution in [0.2, 0.25) is 0 Å². The normalized spacial score (nSPS) is 15.0. The number of carbonyl (C=O) groups excluding carboxylic acids is 2. The third-order valence-corrected chi connectivity index (χ3v) is 3.44. The molecule has 0 spiro atoms. The highest BCUT2D eigenvalue weighted by atomic mass is 16.5. The van der Waals surface area contributed by atoms with E-state index in [-0.39, 0.29) is 24.6 Å². The Balaban J connectivity index is 2.11. The Morgan fingerprint density at radius 2 is 1.91 bits per heavy atom. The van der Waals surface area contributed by atoms with E-state index in [9.17, 15) is 9.59 Å². The van der Waals surface area contributed by atoms with Gasteiger partial charge in [0.1, 0.15) is 23.5 Å². The number of methoxy groups -OCH3 is 2. The Bertz CT molecular complexity index is 797. The van der Waals surface area contributed by atoms with Gasteiger partial charge >= 0.3 is 11.9 Å². The quantitative estimate of drug-likeness (QED) is 0.808. The van der Waals surface area contributed by atoms with Gasteiger partial charge in [0.05, 0.1) is 26.4 Å². The van der Waals surface area contributed by atoms with Crippen molar-refractivity contribution in [3.8, 4) is 0 Å². The number of H-pyrrole nitrogens is 1. The first kappa shape index (κ1) is 15.0. The monoisotopic (exact) mass is 318 g/mol. The fraction of sp³-hybridized carbons (Fsp3) is 0.286. The van der Waals surface area contributed by atoms with Gasteiger partial charge in [0.2, 0.25) is 0 Å². The van der Waals surface area contributed by atoms with Crippen molar-refractivity contribution >= 4 is 28.7 Å². The summed E-state index contributed by atoms with van der Waals surface area (Å²) < 4.78 is 14.9. The highest BCUT2D eigenvalue weighted by Crippen LogP contribution is 2.28. The van der Waals surface area contributed by atoms with Gasteiger partial charge in [-0.2, -0.15) is 15.4 Å². The second kappa shape index (κ2) is 6.05. The van der Waals surface area contributed by atoms with Crippen LogP contribution in [0.3, 0.4) is 0 Å². The molecule has 2 aromatic rings. The lowest BCUT2D eigenvalue weighted by atomic mass is 10.1. The first-order valence-corrected chi connectivity index (χ1v) is 6.71. The maximum Gasteiger partial charge on any atom is 0.355 e. The Morgan fingerprint density at radius 3 is 2.65 bits per heavy atom. The van der Waals surface area contributed by atoms with Crippen LogP contribution in [0.25, 0.3) is 11.0 Å². The first-order chi connectivity index (χ1) is 11.2. The number of esters is 2. The molecule has 0 fully saturated rings. The van der Waals surface area contributed by atoms with Crippen molar-refractivity contribution in [2.75, 3.05) is 32.5 Å². The average molecular weight is 318 g/mol. The van der Waals surface area contributed by atoms with Crippen LogP contribution in [0, 0.1) is 0 Å². The number of hydrogen-bond donors (Lipinski definition) is 1. The van der Waals surface area contributed by atoms with E-state index in [0.29, 0.717) is 16.7 Å². The van der Waals surface area contributed by atoms with Crippen molar-refractivity contribution in [2.45, 2.75) is 0 Å². The van der Waals surface area contributed by atoms with Crippen molar-refractivity contribution in [3.63, 3.8) is 0 Å². The van der Waals surface area contributed by atoms with Gasteiger partial charge in [-0.1, -0.05) is 0 Å². The van der Waals surface area contributed by atoms with Gasteiger partial charge in [-0.05, 0) is 18.2 Å². The van der Waals surface area contributed by atoms with Crippen molar-refractivity contribution in [2.24, 2.45) is 0 Å². The molecule has 0 atom stereocenters. The number of ether oxygens (including phenoxy) is 3. The number of fused-ring (bicyclic) bond motifs is 1. The summed E-state index contributed by atoms with van der Waals surface area (Å²) in [6.45, 7) is 0.0636. The lowest BCUT2D eigenvalue weighted by Crippen LogP contribution is -2.38. The van der Waals surface area contributed by atoms with Crippen molar-refractivity contribution in [3.05, 3.63) is 29.5 Å². The number of hydrogen-bond acceptors (Lipinski definition) is 8. The molecule has 1 aromatic heterocycles. The van der Waals surface area contributed by atoms with Crippen LogP contribution in [0.15, 0.2) is 29.5 Å². The zero-order valence-corrected chi connectivity index (χ0v) is 12.5. The molecule has 9 nitrogen and oxygen atoms in total. The SMILES string of the molecule is COC(=O)C1=C(C(=O)OC)N(c2ccc3n[nH]nc3c2)COC1. The molecule has 0 radical (unpaired) electrons. The van der Waals surface area contributed by atoms with Crippen LogP contribution in [0.1, 0.15) is 0 Å². The maximum atomic E-state index is 12.2. The number of nitrogens with zero attached hydrogens (tertiary/aromatic N) is 3. The summed E-state index contributed by atoms with van der Waals surface area (Å²) in [5, 5.41) is 10.5. The molecule has 0 saturated heterocycles. The second-order valence-corrected chi connectivity index (χ2v) is 4.71. The third-order valence-electron chi connectivity index (χ3n) is 3.44. The summed E-state index contributed by atoms with van der Waals surface area (Å²) >= 11 is 0. The minimum absolute atomic E-state index is 0.0280. The van der Waals surface area contributed by atoms with Crippen LogP contribution >= 0.6 is 0 Å². The van der Waals surface area contributed by atoms with E-state index in [4.69, 9.17) is 14.2 Å². The Morgan fingerprint density at radius 1 is 1.17 bits per heavy atom. The summed E-state index contributed by atoms with van der Waals surface area (Å²) in [5.74, 6) is -1.29. The van der Waals surface area contributed by atoms with Gasteiger partial charge in [-0.15, -0.1) is 0 Å². The third kappa shape index (κ3) is 2.61. The molecule has 120 valence electrons. The number of aromatic amines is 1. The van der Waals surface area contributed by atoms with E-state index in [1.54, 1.807) is 18.2 Å². The molecule has 1 N–H and O–H groups in total. The first-order valence-electron chi connectivity index (χ1n) is 6.71. The molecule has 0 saturated carbocycles. The van der Waals surface area contributed by atoms with E-state index in [1.165, 1.54) is 19.1 Å². The minimum Gasteiger partial charge on any atom is -0.466 e. The predicted molar refractivity (Wildman–Crippen MR) is 78.2 cm³/mol. The molecule has 0 amide bonds. The van der Waals surface area contributed by atoms with E-state index in [1.807, 2.05) is 0 Å². The Labute approximate surface area is 130 Å². The summed E-state index contributed by atoms with van der Waals surface area (Å²) in [6, 6.07) is 5.22. The van der Waals surface area contributed by atoms with Crippen LogP contribution < -0.4 is 4.90 Å². The molecule has 9 heteroatoms. The standard InChI is InChI=1S/C14H14N4O5/c1-21-13(19)9-6-23-7-18(12(9)14(20)22-2)8-3-4-10-11(5-8)16-17-15-10/h3-5H,6-7H2,1-2H3,(H,15,16,17). The van der Waals surface area contributed by atoms with Crippen molar-refractivity contribution in [1.29, 1.82) is 0 Å². The van der Waals surface area contributed by atoms with E-state index < -0.39 is 11.9 Å². The van der Waals surface area contributed by atoms with Gasteiger partial charge in [0, 0.05) is 5.69 Å². The van der Waals surface area contributed by atoms with Crippen LogP contribution in [0.5, 0.6) is 0 Å². The summed E-state index contributed by atoms with van der Waals surface area (Å²) in [6.07, 6.45) is 0. The molecule has 3 rings (SSSR count). The number of nitrogens with one attached hydrogen (secondary N) is 1. The topological polar surface area (TPSA) is 107 Å². The predicted octanol–water partition coefficient (Wildman–Crippen LogP) is 0.352. The number of rotatable bonds is 3. The minimum atomic E-state index is -0.644. The largest absolute Gasteiger partial charge is 0.466 e. The average Bonchev–Trinajstić information content (AvgIpc) is 3.07. The molecule has 1 aliphatic heterocycles. The maximum absolute atomic E-state index is 12.2. The fourth-order valence-electron chi connectivity index (χ4n) is 2.34. The molecule has 0 aliphatic carbocycles.